The van der Waals surface area contributed by atoms with Gasteiger partial charge in [-0.3, -0.25) is 4.90 Å². The lowest BCUT2D eigenvalue weighted by Crippen LogP contribution is -2.45. The van der Waals surface area contributed by atoms with E-state index in [2.05, 4.69) is 9.80 Å². The van der Waals surface area contributed by atoms with Gasteiger partial charge in [-0.15, -0.1) is 0 Å². The normalized spacial score (nSPS) is 15.4. The molecule has 1 saturated carbocycles. The van der Waals surface area contributed by atoms with Crippen LogP contribution in [0.3, 0.4) is 0 Å². The van der Waals surface area contributed by atoms with Gasteiger partial charge in [0.25, 0.3) is 0 Å². The second kappa shape index (κ2) is 15.1. The van der Waals surface area contributed by atoms with Crippen LogP contribution in [-0.2, 0) is 4.74 Å². The number of hydrogen-bond donors (Lipinski definition) is 2. The molecule has 2 N–H and O–H groups in total. The molecule has 0 atom stereocenters. The van der Waals surface area contributed by atoms with E-state index in [4.69, 9.17) is 9.84 Å². The van der Waals surface area contributed by atoms with Gasteiger partial charge in [0.05, 0.1) is 6.61 Å². The average molecular weight is 345 g/mol. The van der Waals surface area contributed by atoms with Crippen LogP contribution >= 0.6 is 0 Å². The van der Waals surface area contributed by atoms with Crippen LogP contribution in [0, 0.1) is 0 Å². The van der Waals surface area contributed by atoms with Crippen molar-refractivity contribution in [2.45, 2.75) is 63.8 Å². The van der Waals surface area contributed by atoms with Crippen LogP contribution in [0.1, 0.15) is 57.8 Å². The molecule has 0 aromatic rings. The highest BCUT2D eigenvalue weighted by atomic mass is 16.5. The number of methoxy groups -OCH3 is 1. The second-order valence-electron chi connectivity index (χ2n) is 7.02. The van der Waals surface area contributed by atoms with Gasteiger partial charge in [0, 0.05) is 46.0 Å². The maximum atomic E-state index is 9.30. The Morgan fingerprint density at radius 3 is 2.04 bits per heavy atom. The van der Waals surface area contributed by atoms with E-state index in [9.17, 15) is 5.11 Å². The fourth-order valence-corrected chi connectivity index (χ4v) is 3.35. The first-order valence-corrected chi connectivity index (χ1v) is 9.99. The summed E-state index contributed by atoms with van der Waals surface area (Å²) < 4.78 is 5.12. The number of ether oxygens (including phenoxy) is 1. The van der Waals surface area contributed by atoms with Gasteiger partial charge in [-0.1, -0.05) is 6.42 Å². The van der Waals surface area contributed by atoms with Crippen LogP contribution in [0.5, 0.6) is 0 Å². The van der Waals surface area contributed by atoms with Crippen LogP contribution in [0.2, 0.25) is 0 Å². The van der Waals surface area contributed by atoms with E-state index < -0.39 is 0 Å². The number of aliphatic hydroxyl groups is 2. The summed E-state index contributed by atoms with van der Waals surface area (Å²) >= 11 is 0. The molecule has 0 unspecified atom stereocenters. The fraction of sp³-hybridized carbons (Fsp3) is 1.00. The minimum Gasteiger partial charge on any atom is -0.396 e. The van der Waals surface area contributed by atoms with Gasteiger partial charge < -0.3 is 19.8 Å². The van der Waals surface area contributed by atoms with Gasteiger partial charge in [0.2, 0.25) is 0 Å². The number of rotatable bonds is 17. The zero-order valence-electron chi connectivity index (χ0n) is 15.8. The molecule has 1 fully saturated rings. The Bertz CT molecular complexity index is 275. The molecule has 0 heterocycles. The van der Waals surface area contributed by atoms with Crippen molar-refractivity contribution in [3.05, 3.63) is 0 Å². The predicted molar refractivity (Wildman–Crippen MR) is 99.4 cm³/mol. The van der Waals surface area contributed by atoms with E-state index in [1.807, 2.05) is 0 Å². The van der Waals surface area contributed by atoms with Crippen LogP contribution in [0.25, 0.3) is 0 Å². The molecule has 0 aromatic carbocycles. The zero-order valence-corrected chi connectivity index (χ0v) is 15.8. The van der Waals surface area contributed by atoms with E-state index in [1.54, 1.807) is 7.11 Å². The van der Waals surface area contributed by atoms with Crippen molar-refractivity contribution < 1.29 is 14.9 Å². The van der Waals surface area contributed by atoms with Crippen molar-refractivity contribution in [1.29, 1.82) is 0 Å². The lowest BCUT2D eigenvalue weighted by Gasteiger charge is -2.38. The van der Waals surface area contributed by atoms with Gasteiger partial charge in [0.15, 0.2) is 0 Å². The Morgan fingerprint density at radius 1 is 0.792 bits per heavy atom. The number of unbranched alkanes of at least 4 members (excludes halogenated alkanes) is 4. The Kier molecular flexibility index (Phi) is 13.7. The summed E-state index contributed by atoms with van der Waals surface area (Å²) in [5, 5.41) is 18.2. The zero-order chi connectivity index (χ0) is 17.5. The summed E-state index contributed by atoms with van der Waals surface area (Å²) in [7, 11) is 1.77. The van der Waals surface area contributed by atoms with Crippen molar-refractivity contribution in [1.82, 2.24) is 9.80 Å². The summed E-state index contributed by atoms with van der Waals surface area (Å²) in [6, 6.07) is 0.704. The summed E-state index contributed by atoms with van der Waals surface area (Å²) in [6.07, 6.45) is 10.7. The fourth-order valence-electron chi connectivity index (χ4n) is 3.35. The molecule has 0 bridgehead atoms. The molecular formula is C19H40N2O3. The van der Waals surface area contributed by atoms with Crippen LogP contribution in [0.15, 0.2) is 0 Å². The first kappa shape index (κ1) is 21.8. The third-order valence-electron chi connectivity index (χ3n) is 5.14. The molecule has 0 amide bonds. The SMILES string of the molecule is COCCCCCN(CCCCCO)CCN(CCO)C1CCC1. The van der Waals surface area contributed by atoms with Gasteiger partial charge >= 0.3 is 0 Å². The van der Waals surface area contributed by atoms with Gasteiger partial charge in [-0.05, 0) is 64.5 Å². The Balaban J connectivity index is 2.28. The molecule has 1 rings (SSSR count). The number of nitrogens with zero attached hydrogens (tertiary/aromatic N) is 2. The third-order valence-corrected chi connectivity index (χ3v) is 5.14. The van der Waals surface area contributed by atoms with Gasteiger partial charge in [-0.25, -0.2) is 0 Å². The van der Waals surface area contributed by atoms with Gasteiger partial charge in [-0.2, -0.15) is 0 Å². The minimum absolute atomic E-state index is 0.268. The molecule has 0 saturated heterocycles. The van der Waals surface area contributed by atoms with Crippen molar-refractivity contribution in [3.63, 3.8) is 0 Å². The molecule has 0 radical (unpaired) electrons. The quantitative estimate of drug-likeness (QED) is 0.396. The summed E-state index contributed by atoms with van der Waals surface area (Å²) in [4.78, 5) is 5.06. The molecule has 1 aliphatic rings. The topological polar surface area (TPSA) is 56.2 Å². The van der Waals surface area contributed by atoms with E-state index in [0.717, 1.165) is 58.6 Å². The van der Waals surface area contributed by atoms with Crippen LogP contribution in [-0.4, -0.2) is 85.7 Å². The Labute approximate surface area is 149 Å². The monoisotopic (exact) mass is 344 g/mol. The summed E-state index contributed by atoms with van der Waals surface area (Å²) in [5.74, 6) is 0. The summed E-state index contributed by atoms with van der Waals surface area (Å²) in [5.41, 5.74) is 0. The summed E-state index contributed by atoms with van der Waals surface area (Å²) in [6.45, 7) is 6.71. The first-order valence-electron chi connectivity index (χ1n) is 9.99. The molecule has 0 aliphatic heterocycles. The van der Waals surface area contributed by atoms with Gasteiger partial charge in [0.1, 0.15) is 0 Å². The van der Waals surface area contributed by atoms with Crippen molar-refractivity contribution in [2.24, 2.45) is 0 Å². The lowest BCUT2D eigenvalue weighted by atomic mass is 9.91. The largest absolute Gasteiger partial charge is 0.396 e. The predicted octanol–water partition coefficient (Wildman–Crippen LogP) is 2.11. The number of hydrogen-bond acceptors (Lipinski definition) is 5. The molecule has 24 heavy (non-hydrogen) atoms. The van der Waals surface area contributed by atoms with Crippen molar-refractivity contribution in [3.8, 4) is 0 Å². The highest BCUT2D eigenvalue weighted by Crippen LogP contribution is 2.24. The molecule has 0 spiro atoms. The van der Waals surface area contributed by atoms with Crippen LogP contribution in [0.4, 0.5) is 0 Å². The average Bonchev–Trinajstić information content (AvgIpc) is 2.53. The molecule has 0 aromatic heterocycles. The molecule has 1 aliphatic carbocycles. The Hall–Kier alpha value is -0.200. The maximum Gasteiger partial charge on any atom is 0.0558 e. The highest BCUT2D eigenvalue weighted by molar-refractivity contribution is 4.80. The smallest absolute Gasteiger partial charge is 0.0558 e. The first-order chi connectivity index (χ1) is 11.8. The van der Waals surface area contributed by atoms with Crippen LogP contribution < -0.4 is 0 Å². The van der Waals surface area contributed by atoms with E-state index in [-0.39, 0.29) is 6.61 Å². The lowest BCUT2D eigenvalue weighted by molar-refractivity contribution is 0.0870. The molecule has 5 heteroatoms. The van der Waals surface area contributed by atoms with E-state index in [0.29, 0.717) is 12.6 Å². The molecule has 144 valence electrons. The second-order valence-corrected chi connectivity index (χ2v) is 7.02. The Morgan fingerprint density at radius 2 is 1.50 bits per heavy atom. The van der Waals surface area contributed by atoms with Crippen molar-refractivity contribution in [2.75, 3.05) is 59.7 Å². The molecular weight excluding hydrogens is 304 g/mol. The minimum atomic E-state index is 0.268. The standard InChI is InChI=1S/C19H40N2O3/c1-24-18-7-3-5-12-20(11-4-2-6-16-22)13-14-21(15-17-23)19-9-8-10-19/h19,22-23H,2-18H2,1H3. The number of aliphatic hydroxyl groups excluding tert-OH is 2. The maximum absolute atomic E-state index is 9.30. The molecule has 5 nitrogen and oxygen atoms in total. The third kappa shape index (κ3) is 9.94. The van der Waals surface area contributed by atoms with E-state index in [1.165, 1.54) is 38.5 Å². The highest BCUT2D eigenvalue weighted by Gasteiger charge is 2.24. The van der Waals surface area contributed by atoms with E-state index >= 15 is 0 Å². The van der Waals surface area contributed by atoms with Crippen molar-refractivity contribution >= 4 is 0 Å².